The molecule has 4 rings (SSSR count). The quantitative estimate of drug-likeness (QED) is 0.445. The molecule has 7 heteroatoms. The van der Waals surface area contributed by atoms with E-state index in [0.29, 0.717) is 5.02 Å². The number of urea groups is 1. The standard InChI is InChI=1S/C24H21ClFN3O2/c1-14-8-9-19(25)12-22(14)29-15(2)10-18(16(29)3)11-21-23(30)28(24(31)27-21)13-17-6-4-5-7-20(17)26/h4-12H,13H2,1-3H3,(H,27,31)/b21-11+. The second kappa shape index (κ2) is 8.04. The van der Waals surface area contributed by atoms with Crippen LogP contribution in [-0.2, 0) is 11.3 Å². The Kier molecular flexibility index (Phi) is 5.41. The van der Waals surface area contributed by atoms with Crippen molar-refractivity contribution in [2.75, 3.05) is 0 Å². The Hall–Kier alpha value is -3.38. The Labute approximate surface area is 184 Å². The molecule has 2 aromatic carbocycles. The molecule has 1 aliphatic heterocycles. The van der Waals surface area contributed by atoms with Gasteiger partial charge in [0.05, 0.1) is 6.54 Å². The topological polar surface area (TPSA) is 54.3 Å². The monoisotopic (exact) mass is 437 g/mol. The summed E-state index contributed by atoms with van der Waals surface area (Å²) >= 11 is 6.19. The van der Waals surface area contributed by atoms with Crippen molar-refractivity contribution >= 4 is 29.6 Å². The van der Waals surface area contributed by atoms with Crippen LogP contribution in [0.5, 0.6) is 0 Å². The van der Waals surface area contributed by atoms with Gasteiger partial charge in [0.15, 0.2) is 0 Å². The van der Waals surface area contributed by atoms with Crippen molar-refractivity contribution in [2.24, 2.45) is 0 Å². The van der Waals surface area contributed by atoms with Crippen molar-refractivity contribution in [3.63, 3.8) is 0 Å². The third-order valence-electron chi connectivity index (χ3n) is 5.43. The zero-order chi connectivity index (χ0) is 22.3. The number of hydrogen-bond donors (Lipinski definition) is 1. The Morgan fingerprint density at radius 3 is 2.55 bits per heavy atom. The number of imide groups is 1. The molecule has 0 radical (unpaired) electrons. The summed E-state index contributed by atoms with van der Waals surface area (Å²) in [5.74, 6) is -0.946. The van der Waals surface area contributed by atoms with E-state index in [4.69, 9.17) is 11.6 Å². The molecule has 5 nitrogen and oxygen atoms in total. The van der Waals surface area contributed by atoms with Crippen molar-refractivity contribution in [3.8, 4) is 5.69 Å². The molecule has 1 N–H and O–H groups in total. The highest BCUT2D eigenvalue weighted by atomic mass is 35.5. The summed E-state index contributed by atoms with van der Waals surface area (Å²) in [6.07, 6.45) is 1.65. The Balaban J connectivity index is 1.67. The summed E-state index contributed by atoms with van der Waals surface area (Å²) in [5, 5.41) is 3.24. The lowest BCUT2D eigenvalue weighted by molar-refractivity contribution is -0.123. The Morgan fingerprint density at radius 1 is 1.06 bits per heavy atom. The number of amides is 3. The molecule has 0 spiro atoms. The summed E-state index contributed by atoms with van der Waals surface area (Å²) < 4.78 is 16.0. The minimum Gasteiger partial charge on any atom is -0.318 e. The summed E-state index contributed by atoms with van der Waals surface area (Å²) in [6, 6.07) is 13.2. The first-order valence-corrected chi connectivity index (χ1v) is 10.2. The summed E-state index contributed by atoms with van der Waals surface area (Å²) in [4.78, 5) is 26.2. The normalized spacial score (nSPS) is 15.1. The maximum atomic E-state index is 14.0. The maximum Gasteiger partial charge on any atom is 0.329 e. The summed E-state index contributed by atoms with van der Waals surface area (Å²) in [5.41, 5.74) is 5.13. The highest BCUT2D eigenvalue weighted by molar-refractivity contribution is 6.30. The number of aryl methyl sites for hydroxylation is 2. The number of carbonyl (C=O) groups excluding carboxylic acids is 2. The van der Waals surface area contributed by atoms with Gasteiger partial charge in [-0.15, -0.1) is 0 Å². The fourth-order valence-electron chi connectivity index (χ4n) is 3.80. The van der Waals surface area contributed by atoms with Crippen LogP contribution in [0.3, 0.4) is 0 Å². The molecule has 0 aliphatic carbocycles. The molecule has 0 saturated carbocycles. The van der Waals surface area contributed by atoms with Crippen molar-refractivity contribution in [1.82, 2.24) is 14.8 Å². The molecule has 31 heavy (non-hydrogen) atoms. The van der Waals surface area contributed by atoms with Gasteiger partial charge < -0.3 is 9.88 Å². The van der Waals surface area contributed by atoms with Crippen LogP contribution < -0.4 is 5.32 Å². The van der Waals surface area contributed by atoms with E-state index in [-0.39, 0.29) is 17.8 Å². The van der Waals surface area contributed by atoms with E-state index in [2.05, 4.69) is 9.88 Å². The van der Waals surface area contributed by atoms with Crippen LogP contribution in [0, 0.1) is 26.6 Å². The first kappa shape index (κ1) is 20.9. The van der Waals surface area contributed by atoms with E-state index >= 15 is 0 Å². The first-order chi connectivity index (χ1) is 14.8. The molecule has 1 aromatic heterocycles. The molecule has 1 aliphatic rings. The number of hydrogen-bond acceptors (Lipinski definition) is 2. The van der Waals surface area contributed by atoms with Gasteiger partial charge in [-0.05, 0) is 62.2 Å². The van der Waals surface area contributed by atoms with Gasteiger partial charge in [-0.2, -0.15) is 0 Å². The van der Waals surface area contributed by atoms with E-state index in [1.165, 1.54) is 6.07 Å². The molecule has 1 fully saturated rings. The average molecular weight is 438 g/mol. The molecule has 2 heterocycles. The average Bonchev–Trinajstić information content (AvgIpc) is 3.15. The predicted octanol–water partition coefficient (Wildman–Crippen LogP) is 5.29. The maximum absolute atomic E-state index is 14.0. The van der Waals surface area contributed by atoms with Crippen molar-refractivity contribution in [2.45, 2.75) is 27.3 Å². The molecule has 0 unspecified atom stereocenters. The third-order valence-corrected chi connectivity index (χ3v) is 5.67. The van der Waals surface area contributed by atoms with E-state index in [9.17, 15) is 14.0 Å². The van der Waals surface area contributed by atoms with E-state index in [1.54, 1.807) is 24.3 Å². The number of aromatic nitrogens is 1. The van der Waals surface area contributed by atoms with Crippen molar-refractivity contribution in [1.29, 1.82) is 0 Å². The lowest BCUT2D eigenvalue weighted by Gasteiger charge is -2.13. The van der Waals surface area contributed by atoms with E-state index in [1.807, 2.05) is 45.0 Å². The number of nitrogens with zero attached hydrogens (tertiary/aromatic N) is 2. The summed E-state index contributed by atoms with van der Waals surface area (Å²) in [6.45, 7) is 5.78. The highest BCUT2D eigenvalue weighted by Gasteiger charge is 2.34. The zero-order valence-electron chi connectivity index (χ0n) is 17.4. The molecular formula is C24H21ClFN3O2. The van der Waals surface area contributed by atoms with Crippen LogP contribution in [0.15, 0.2) is 54.2 Å². The van der Waals surface area contributed by atoms with Gasteiger partial charge >= 0.3 is 6.03 Å². The zero-order valence-corrected chi connectivity index (χ0v) is 18.1. The molecule has 0 atom stereocenters. The Bertz CT molecular complexity index is 1250. The Morgan fingerprint density at radius 2 is 1.81 bits per heavy atom. The van der Waals surface area contributed by atoms with Gasteiger partial charge in [-0.1, -0.05) is 35.9 Å². The van der Waals surface area contributed by atoms with Gasteiger partial charge in [0.1, 0.15) is 11.5 Å². The third kappa shape index (κ3) is 3.86. The van der Waals surface area contributed by atoms with Crippen LogP contribution in [-0.4, -0.2) is 21.4 Å². The molecule has 1 saturated heterocycles. The van der Waals surface area contributed by atoms with Gasteiger partial charge in [-0.25, -0.2) is 9.18 Å². The van der Waals surface area contributed by atoms with Crippen molar-refractivity contribution in [3.05, 3.63) is 93.1 Å². The van der Waals surface area contributed by atoms with Gasteiger partial charge in [0, 0.05) is 27.7 Å². The second-order valence-corrected chi connectivity index (χ2v) is 8.00. The molecule has 0 bridgehead atoms. The lowest BCUT2D eigenvalue weighted by atomic mass is 10.1. The molecule has 3 amide bonds. The van der Waals surface area contributed by atoms with Crippen LogP contribution in [0.2, 0.25) is 5.02 Å². The van der Waals surface area contributed by atoms with Crippen molar-refractivity contribution < 1.29 is 14.0 Å². The molecular weight excluding hydrogens is 417 g/mol. The van der Waals surface area contributed by atoms with E-state index in [0.717, 1.165) is 33.1 Å². The van der Waals surface area contributed by atoms with Gasteiger partial charge in [0.2, 0.25) is 0 Å². The minimum atomic E-state index is -0.570. The van der Waals surface area contributed by atoms with E-state index < -0.39 is 17.8 Å². The number of nitrogens with one attached hydrogen (secondary N) is 1. The fourth-order valence-corrected chi connectivity index (χ4v) is 3.96. The second-order valence-electron chi connectivity index (χ2n) is 7.56. The highest BCUT2D eigenvalue weighted by Crippen LogP contribution is 2.27. The number of carbonyl (C=O) groups is 2. The number of halogens is 2. The number of benzene rings is 2. The van der Waals surface area contributed by atoms with Gasteiger partial charge in [-0.3, -0.25) is 9.69 Å². The molecule has 158 valence electrons. The van der Waals surface area contributed by atoms with Crippen LogP contribution in [0.1, 0.15) is 28.1 Å². The first-order valence-electron chi connectivity index (χ1n) is 9.79. The fraction of sp³-hybridized carbons (Fsp3) is 0.167. The van der Waals surface area contributed by atoms with Crippen LogP contribution in [0.25, 0.3) is 11.8 Å². The SMILES string of the molecule is Cc1ccc(Cl)cc1-n1c(C)cc(/C=C2/NC(=O)N(Cc3ccccc3F)C2=O)c1C. The smallest absolute Gasteiger partial charge is 0.318 e. The van der Waals surface area contributed by atoms with Gasteiger partial charge in [0.25, 0.3) is 5.91 Å². The predicted molar refractivity (Wildman–Crippen MR) is 118 cm³/mol. The van der Waals surface area contributed by atoms with Crippen LogP contribution in [0.4, 0.5) is 9.18 Å². The van der Waals surface area contributed by atoms with Crippen LogP contribution >= 0.6 is 11.6 Å². The largest absolute Gasteiger partial charge is 0.329 e. The summed E-state index contributed by atoms with van der Waals surface area (Å²) in [7, 11) is 0. The minimum absolute atomic E-state index is 0.130. The lowest BCUT2D eigenvalue weighted by Crippen LogP contribution is -2.30. The molecule has 3 aromatic rings. The number of rotatable bonds is 4.